The van der Waals surface area contributed by atoms with E-state index in [0.29, 0.717) is 23.3 Å². The van der Waals surface area contributed by atoms with Crippen LogP contribution < -0.4 is 15.4 Å². The van der Waals surface area contributed by atoms with Crippen LogP contribution in [0.4, 0.5) is 11.5 Å². The Labute approximate surface area is 180 Å². The lowest BCUT2D eigenvalue weighted by Gasteiger charge is -2.26. The smallest absolute Gasteiger partial charge is 0.311 e. The van der Waals surface area contributed by atoms with Crippen LogP contribution in [0.3, 0.4) is 0 Å². The summed E-state index contributed by atoms with van der Waals surface area (Å²) in [4.78, 5) is 22.2. The Kier molecular flexibility index (Phi) is 6.54. The summed E-state index contributed by atoms with van der Waals surface area (Å²) < 4.78 is 5.82. The van der Waals surface area contributed by atoms with Crippen molar-refractivity contribution in [3.05, 3.63) is 64.5 Å². The normalized spacial score (nSPS) is 15.5. The zero-order valence-corrected chi connectivity index (χ0v) is 17.5. The molecule has 1 saturated heterocycles. The standard InChI is InChI=1S/C22H26N6O3/c1-16(17-5-3-2-4-6-17)26-22-18-13-20(28(29)30)21(14-19(18)24-15-25-22)31-12-11-27-9-7-23-8-10-27/h2-6,13-16,23H,7-12H2,1H3,(H,24,25,26)/t16-/m1/s1. The van der Waals surface area contributed by atoms with E-state index in [2.05, 4.69) is 25.5 Å². The molecule has 1 aliphatic rings. The van der Waals surface area contributed by atoms with Crippen LogP contribution in [0.2, 0.25) is 0 Å². The minimum Gasteiger partial charge on any atom is -0.485 e. The van der Waals surface area contributed by atoms with Gasteiger partial charge in [-0.15, -0.1) is 0 Å². The Morgan fingerprint density at radius 1 is 1.23 bits per heavy atom. The molecule has 0 amide bonds. The summed E-state index contributed by atoms with van der Waals surface area (Å²) in [6.07, 6.45) is 1.46. The zero-order chi connectivity index (χ0) is 21.6. The monoisotopic (exact) mass is 422 g/mol. The molecule has 1 fully saturated rings. The molecule has 2 heterocycles. The number of aromatic nitrogens is 2. The minimum absolute atomic E-state index is 0.0201. The lowest BCUT2D eigenvalue weighted by molar-refractivity contribution is -0.385. The average molecular weight is 422 g/mol. The molecule has 162 valence electrons. The minimum atomic E-state index is -0.420. The van der Waals surface area contributed by atoms with Crippen LogP contribution >= 0.6 is 0 Å². The quantitative estimate of drug-likeness (QED) is 0.422. The van der Waals surface area contributed by atoms with E-state index >= 15 is 0 Å². The van der Waals surface area contributed by atoms with Gasteiger partial charge in [-0.1, -0.05) is 30.3 Å². The summed E-state index contributed by atoms with van der Waals surface area (Å²) in [5, 5.41) is 19.0. The lowest BCUT2D eigenvalue weighted by atomic mass is 10.1. The first-order valence-corrected chi connectivity index (χ1v) is 10.4. The fourth-order valence-corrected chi connectivity index (χ4v) is 3.70. The summed E-state index contributed by atoms with van der Waals surface area (Å²) in [6.45, 7) is 6.92. The molecule has 2 N–H and O–H groups in total. The predicted molar refractivity (Wildman–Crippen MR) is 119 cm³/mol. The molecule has 0 spiro atoms. The van der Waals surface area contributed by atoms with E-state index in [1.807, 2.05) is 37.3 Å². The SMILES string of the molecule is C[C@@H](Nc1ncnc2cc(OCCN3CCNCC3)c([N+](=O)[O-])cc12)c1ccccc1. The summed E-state index contributed by atoms with van der Waals surface area (Å²) >= 11 is 0. The van der Waals surface area contributed by atoms with E-state index in [9.17, 15) is 10.1 Å². The Hall–Kier alpha value is -3.30. The number of rotatable bonds is 8. The van der Waals surface area contributed by atoms with Gasteiger partial charge in [0.1, 0.15) is 18.8 Å². The van der Waals surface area contributed by atoms with Crippen molar-refractivity contribution in [1.82, 2.24) is 20.2 Å². The molecule has 9 nitrogen and oxygen atoms in total. The maximum Gasteiger partial charge on any atom is 0.311 e. The van der Waals surface area contributed by atoms with Crippen LogP contribution in [-0.4, -0.2) is 59.1 Å². The molecule has 1 aromatic heterocycles. The summed E-state index contributed by atoms with van der Waals surface area (Å²) in [7, 11) is 0. The predicted octanol–water partition coefficient (Wildman–Crippen LogP) is 3.00. The van der Waals surface area contributed by atoms with Crippen LogP contribution in [0.15, 0.2) is 48.8 Å². The number of hydrogen-bond acceptors (Lipinski definition) is 8. The van der Waals surface area contributed by atoms with Gasteiger partial charge in [0.25, 0.3) is 0 Å². The first-order chi connectivity index (χ1) is 15.1. The summed E-state index contributed by atoms with van der Waals surface area (Å²) in [5.41, 5.74) is 1.61. The van der Waals surface area contributed by atoms with E-state index in [1.54, 1.807) is 6.07 Å². The number of benzene rings is 2. The van der Waals surface area contributed by atoms with Gasteiger partial charge >= 0.3 is 5.69 Å². The summed E-state index contributed by atoms with van der Waals surface area (Å²) in [5.74, 6) is 0.783. The topological polar surface area (TPSA) is 105 Å². The van der Waals surface area contributed by atoms with Crippen LogP contribution in [0.1, 0.15) is 18.5 Å². The van der Waals surface area contributed by atoms with Crippen LogP contribution in [0.25, 0.3) is 10.9 Å². The highest BCUT2D eigenvalue weighted by Gasteiger charge is 2.20. The third kappa shape index (κ3) is 5.07. The molecule has 0 saturated carbocycles. The lowest BCUT2D eigenvalue weighted by Crippen LogP contribution is -2.44. The zero-order valence-electron chi connectivity index (χ0n) is 17.5. The highest BCUT2D eigenvalue weighted by Crippen LogP contribution is 2.34. The van der Waals surface area contributed by atoms with E-state index in [0.717, 1.165) is 38.3 Å². The molecular weight excluding hydrogens is 396 g/mol. The third-order valence-electron chi connectivity index (χ3n) is 5.44. The van der Waals surface area contributed by atoms with Crippen molar-refractivity contribution in [1.29, 1.82) is 0 Å². The van der Waals surface area contributed by atoms with Crippen molar-refractivity contribution in [2.75, 3.05) is 44.6 Å². The van der Waals surface area contributed by atoms with Gasteiger partial charge in [-0.05, 0) is 12.5 Å². The molecule has 0 bridgehead atoms. The molecule has 9 heteroatoms. The van der Waals surface area contributed by atoms with E-state index in [1.165, 1.54) is 12.4 Å². The molecule has 3 aromatic rings. The van der Waals surface area contributed by atoms with Crippen molar-refractivity contribution in [2.45, 2.75) is 13.0 Å². The number of nitrogens with one attached hydrogen (secondary N) is 2. The largest absolute Gasteiger partial charge is 0.485 e. The number of nitro groups is 1. The number of hydrogen-bond donors (Lipinski definition) is 2. The van der Waals surface area contributed by atoms with Crippen molar-refractivity contribution in [3.63, 3.8) is 0 Å². The van der Waals surface area contributed by atoms with Gasteiger partial charge in [0, 0.05) is 56.3 Å². The highest BCUT2D eigenvalue weighted by molar-refractivity contribution is 5.92. The van der Waals surface area contributed by atoms with Crippen molar-refractivity contribution < 1.29 is 9.66 Å². The molecule has 1 atom stereocenters. The molecule has 0 unspecified atom stereocenters. The maximum absolute atomic E-state index is 11.7. The highest BCUT2D eigenvalue weighted by atomic mass is 16.6. The van der Waals surface area contributed by atoms with E-state index < -0.39 is 4.92 Å². The van der Waals surface area contributed by atoms with Crippen LogP contribution in [0.5, 0.6) is 5.75 Å². The van der Waals surface area contributed by atoms with Crippen molar-refractivity contribution >= 4 is 22.4 Å². The number of piperazine rings is 1. The van der Waals surface area contributed by atoms with Crippen LogP contribution in [0, 0.1) is 10.1 Å². The molecule has 2 aromatic carbocycles. The van der Waals surface area contributed by atoms with Gasteiger partial charge in [0.15, 0.2) is 5.75 Å². The van der Waals surface area contributed by atoms with E-state index in [4.69, 9.17) is 4.74 Å². The second-order valence-electron chi connectivity index (χ2n) is 7.53. The maximum atomic E-state index is 11.7. The number of ether oxygens (including phenoxy) is 1. The molecule has 31 heavy (non-hydrogen) atoms. The van der Waals surface area contributed by atoms with Gasteiger partial charge in [-0.25, -0.2) is 9.97 Å². The number of anilines is 1. The van der Waals surface area contributed by atoms with Crippen molar-refractivity contribution in [3.8, 4) is 5.75 Å². The second-order valence-corrected chi connectivity index (χ2v) is 7.53. The van der Waals surface area contributed by atoms with Gasteiger partial charge in [-0.2, -0.15) is 0 Å². The third-order valence-corrected chi connectivity index (χ3v) is 5.44. The fraction of sp³-hybridized carbons (Fsp3) is 0.364. The van der Waals surface area contributed by atoms with Gasteiger partial charge in [0.2, 0.25) is 0 Å². The van der Waals surface area contributed by atoms with Crippen LogP contribution in [-0.2, 0) is 0 Å². The Balaban J connectivity index is 1.56. The average Bonchev–Trinajstić information content (AvgIpc) is 2.80. The van der Waals surface area contributed by atoms with E-state index in [-0.39, 0.29) is 17.5 Å². The second kappa shape index (κ2) is 9.67. The van der Waals surface area contributed by atoms with Gasteiger partial charge < -0.3 is 15.4 Å². The fourth-order valence-electron chi connectivity index (χ4n) is 3.70. The number of nitro benzene ring substituents is 1. The first-order valence-electron chi connectivity index (χ1n) is 10.4. The number of fused-ring (bicyclic) bond motifs is 1. The molecule has 4 rings (SSSR count). The molecular formula is C22H26N6O3. The Morgan fingerprint density at radius 2 is 2.00 bits per heavy atom. The van der Waals surface area contributed by atoms with Gasteiger partial charge in [-0.3, -0.25) is 15.0 Å². The molecule has 0 aliphatic carbocycles. The Bertz CT molecular complexity index is 1040. The Morgan fingerprint density at radius 3 is 2.74 bits per heavy atom. The first kappa shape index (κ1) is 21.0. The summed E-state index contributed by atoms with van der Waals surface area (Å²) in [6, 6.07) is 13.1. The van der Waals surface area contributed by atoms with Gasteiger partial charge in [0.05, 0.1) is 10.4 Å². The number of nitrogens with zero attached hydrogens (tertiary/aromatic N) is 4. The van der Waals surface area contributed by atoms with Crippen molar-refractivity contribution in [2.24, 2.45) is 0 Å². The molecule has 1 aliphatic heterocycles. The molecule has 0 radical (unpaired) electrons.